The first kappa shape index (κ1) is 12.6. The average Bonchev–Trinajstić information content (AvgIpc) is 2.68. The molecular weight excluding hydrogens is 313 g/mol. The maximum atomic E-state index is 5.89. The van der Waals surface area contributed by atoms with Crippen LogP contribution in [0.15, 0.2) is 22.3 Å². The van der Waals surface area contributed by atoms with Crippen LogP contribution in [0.3, 0.4) is 0 Å². The molecule has 0 amide bonds. The molecule has 2 saturated heterocycles. The first-order valence-corrected chi connectivity index (χ1v) is 7.22. The third-order valence-electron chi connectivity index (χ3n) is 3.80. The molecule has 2 rings (SSSR count). The molecule has 1 unspecified atom stereocenters. The SMILES string of the molecule is CN1CCC2(CC1)COC(/C=C\C=C/I)C2. The Balaban J connectivity index is 1.87. The highest BCUT2D eigenvalue weighted by Crippen LogP contribution is 2.41. The van der Waals surface area contributed by atoms with E-state index in [1.807, 2.05) is 4.08 Å². The maximum Gasteiger partial charge on any atom is 0.0765 e. The van der Waals surface area contributed by atoms with E-state index in [9.17, 15) is 0 Å². The van der Waals surface area contributed by atoms with Gasteiger partial charge in [-0.15, -0.1) is 0 Å². The van der Waals surface area contributed by atoms with E-state index in [2.05, 4.69) is 52.8 Å². The van der Waals surface area contributed by atoms with Gasteiger partial charge in [-0.1, -0.05) is 40.8 Å². The summed E-state index contributed by atoms with van der Waals surface area (Å²) >= 11 is 2.23. The Morgan fingerprint density at radius 3 is 2.75 bits per heavy atom. The lowest BCUT2D eigenvalue weighted by molar-refractivity contribution is 0.0823. The predicted molar refractivity (Wildman–Crippen MR) is 75.8 cm³/mol. The lowest BCUT2D eigenvalue weighted by Gasteiger charge is -2.36. The van der Waals surface area contributed by atoms with Crippen LogP contribution in [0.4, 0.5) is 0 Å². The molecule has 1 spiro atoms. The van der Waals surface area contributed by atoms with Crippen molar-refractivity contribution in [3.63, 3.8) is 0 Å². The summed E-state index contributed by atoms with van der Waals surface area (Å²) in [5, 5.41) is 0. The van der Waals surface area contributed by atoms with Crippen LogP contribution < -0.4 is 0 Å². The van der Waals surface area contributed by atoms with Crippen LogP contribution in [0.1, 0.15) is 19.3 Å². The highest BCUT2D eigenvalue weighted by atomic mass is 127. The van der Waals surface area contributed by atoms with E-state index in [0.29, 0.717) is 11.5 Å². The van der Waals surface area contributed by atoms with Gasteiger partial charge in [-0.25, -0.2) is 0 Å². The van der Waals surface area contributed by atoms with Crippen molar-refractivity contribution in [1.29, 1.82) is 0 Å². The molecule has 2 nitrogen and oxygen atoms in total. The van der Waals surface area contributed by atoms with Crippen molar-refractivity contribution < 1.29 is 4.74 Å². The molecule has 0 N–H and O–H groups in total. The van der Waals surface area contributed by atoms with Crippen molar-refractivity contribution >= 4 is 22.6 Å². The minimum atomic E-state index is 0.344. The quantitative estimate of drug-likeness (QED) is 0.569. The Hall–Kier alpha value is 0.130. The summed E-state index contributed by atoms with van der Waals surface area (Å²) in [6, 6.07) is 0. The van der Waals surface area contributed by atoms with Crippen molar-refractivity contribution in [1.82, 2.24) is 4.90 Å². The van der Waals surface area contributed by atoms with Crippen LogP contribution in [-0.2, 0) is 4.74 Å². The van der Waals surface area contributed by atoms with E-state index < -0.39 is 0 Å². The van der Waals surface area contributed by atoms with Crippen LogP contribution in [0.5, 0.6) is 0 Å². The summed E-state index contributed by atoms with van der Waals surface area (Å²) in [6.45, 7) is 3.42. The van der Waals surface area contributed by atoms with E-state index in [-0.39, 0.29) is 0 Å². The third-order valence-corrected chi connectivity index (χ3v) is 4.21. The molecule has 0 aromatic carbocycles. The molecule has 0 aromatic heterocycles. The number of piperidine rings is 1. The highest BCUT2D eigenvalue weighted by Gasteiger charge is 2.40. The van der Waals surface area contributed by atoms with Gasteiger partial charge >= 0.3 is 0 Å². The first-order valence-electron chi connectivity index (χ1n) is 5.98. The smallest absolute Gasteiger partial charge is 0.0765 e. The summed E-state index contributed by atoms with van der Waals surface area (Å²) in [4.78, 5) is 2.42. The highest BCUT2D eigenvalue weighted by molar-refractivity contribution is 14.1. The molecule has 0 bridgehead atoms. The second-order valence-electron chi connectivity index (χ2n) is 5.06. The van der Waals surface area contributed by atoms with Gasteiger partial charge in [0.05, 0.1) is 12.7 Å². The molecule has 16 heavy (non-hydrogen) atoms. The van der Waals surface area contributed by atoms with Crippen LogP contribution in [0, 0.1) is 5.41 Å². The monoisotopic (exact) mass is 333 g/mol. The Morgan fingerprint density at radius 2 is 2.06 bits per heavy atom. The van der Waals surface area contributed by atoms with Gasteiger partial charge < -0.3 is 9.64 Å². The molecule has 90 valence electrons. The molecule has 2 aliphatic rings. The maximum absolute atomic E-state index is 5.89. The van der Waals surface area contributed by atoms with Gasteiger partial charge in [-0.05, 0) is 48.9 Å². The number of hydrogen-bond donors (Lipinski definition) is 0. The van der Waals surface area contributed by atoms with E-state index in [0.717, 1.165) is 6.61 Å². The fraction of sp³-hybridized carbons (Fsp3) is 0.692. The zero-order valence-electron chi connectivity index (χ0n) is 9.86. The minimum Gasteiger partial charge on any atom is -0.374 e. The normalized spacial score (nSPS) is 31.0. The van der Waals surface area contributed by atoms with Gasteiger partial charge in [0.15, 0.2) is 0 Å². The van der Waals surface area contributed by atoms with Crippen molar-refractivity contribution in [3.8, 4) is 0 Å². The standard InChI is InChI=1S/C13H20INO/c1-15-8-5-13(6-9-15)10-12(16-11-13)4-2-3-7-14/h2-4,7,12H,5-6,8-11H2,1H3/b4-2-,7-3-. The molecule has 2 heterocycles. The van der Waals surface area contributed by atoms with Crippen LogP contribution in [0.2, 0.25) is 0 Å². The minimum absolute atomic E-state index is 0.344. The largest absolute Gasteiger partial charge is 0.374 e. The Bertz CT molecular complexity index is 280. The molecule has 2 fully saturated rings. The second kappa shape index (κ2) is 5.65. The third kappa shape index (κ3) is 3.08. The number of nitrogens with zero attached hydrogens (tertiary/aromatic N) is 1. The topological polar surface area (TPSA) is 12.5 Å². The summed E-state index contributed by atoms with van der Waals surface area (Å²) < 4.78 is 7.91. The molecule has 2 aliphatic heterocycles. The lowest BCUT2D eigenvalue weighted by Crippen LogP contribution is -2.38. The molecule has 0 aliphatic carbocycles. The number of allylic oxidation sites excluding steroid dienone is 2. The number of likely N-dealkylation sites (tertiary alicyclic amines) is 1. The van der Waals surface area contributed by atoms with Crippen LogP contribution >= 0.6 is 22.6 Å². The molecule has 3 heteroatoms. The van der Waals surface area contributed by atoms with Gasteiger partial charge in [0.2, 0.25) is 0 Å². The summed E-state index contributed by atoms with van der Waals surface area (Å²) in [5.41, 5.74) is 0.482. The Kier molecular flexibility index (Phi) is 4.44. The molecule has 0 saturated carbocycles. The van der Waals surface area contributed by atoms with Gasteiger partial charge in [0.25, 0.3) is 0 Å². The molecular formula is C13H20INO. The molecule has 0 radical (unpaired) electrons. The van der Waals surface area contributed by atoms with Gasteiger partial charge in [-0.2, -0.15) is 0 Å². The van der Waals surface area contributed by atoms with Crippen molar-refractivity contribution in [2.24, 2.45) is 5.41 Å². The zero-order valence-corrected chi connectivity index (χ0v) is 12.0. The van der Waals surface area contributed by atoms with E-state index in [1.54, 1.807) is 0 Å². The number of halogens is 1. The number of rotatable bonds is 2. The van der Waals surface area contributed by atoms with Gasteiger partial charge in [-0.3, -0.25) is 0 Å². The fourth-order valence-electron chi connectivity index (χ4n) is 2.62. The first-order chi connectivity index (χ1) is 7.74. The summed E-state index contributed by atoms with van der Waals surface area (Å²) in [7, 11) is 2.21. The fourth-order valence-corrected chi connectivity index (χ4v) is 2.86. The molecule has 0 aromatic rings. The molecule has 1 atom stereocenters. The lowest BCUT2D eigenvalue weighted by atomic mass is 9.77. The Labute approximate surface area is 112 Å². The van der Waals surface area contributed by atoms with Crippen LogP contribution in [0.25, 0.3) is 0 Å². The second-order valence-corrected chi connectivity index (χ2v) is 5.78. The van der Waals surface area contributed by atoms with Crippen molar-refractivity contribution in [3.05, 3.63) is 22.3 Å². The van der Waals surface area contributed by atoms with Crippen LogP contribution in [-0.4, -0.2) is 37.7 Å². The number of hydrogen-bond acceptors (Lipinski definition) is 2. The Morgan fingerprint density at radius 1 is 1.31 bits per heavy atom. The number of ether oxygens (including phenoxy) is 1. The van der Waals surface area contributed by atoms with Crippen molar-refractivity contribution in [2.45, 2.75) is 25.4 Å². The zero-order chi connectivity index (χ0) is 11.4. The average molecular weight is 333 g/mol. The summed E-state index contributed by atoms with van der Waals surface area (Å²) in [5.74, 6) is 0. The van der Waals surface area contributed by atoms with E-state index >= 15 is 0 Å². The van der Waals surface area contributed by atoms with Crippen molar-refractivity contribution in [2.75, 3.05) is 26.7 Å². The van der Waals surface area contributed by atoms with Gasteiger partial charge in [0.1, 0.15) is 0 Å². The van der Waals surface area contributed by atoms with Gasteiger partial charge in [0, 0.05) is 0 Å². The van der Waals surface area contributed by atoms with E-state index in [1.165, 1.54) is 32.4 Å². The summed E-state index contributed by atoms with van der Waals surface area (Å²) in [6.07, 6.45) is 10.5. The van der Waals surface area contributed by atoms with E-state index in [4.69, 9.17) is 4.74 Å². The predicted octanol–water partition coefficient (Wildman–Crippen LogP) is 2.99.